The van der Waals surface area contributed by atoms with Crippen LogP contribution in [0.25, 0.3) is 0 Å². The van der Waals surface area contributed by atoms with Crippen LogP contribution in [0.1, 0.15) is 25.7 Å². The summed E-state index contributed by atoms with van der Waals surface area (Å²) in [6.07, 6.45) is 5.39. The number of hydrogen-bond donors (Lipinski definition) is 0. The first-order valence-corrected chi connectivity index (χ1v) is 16.3. The van der Waals surface area contributed by atoms with E-state index in [1.165, 1.54) is 45.3 Å². The van der Waals surface area contributed by atoms with Gasteiger partial charge in [0.2, 0.25) is 0 Å². The van der Waals surface area contributed by atoms with Crippen molar-refractivity contribution in [1.29, 1.82) is 0 Å². The molecule has 0 unspecified atom stereocenters. The molecule has 3 aliphatic rings. The third-order valence-corrected chi connectivity index (χ3v) is 15.7. The van der Waals surface area contributed by atoms with Crippen molar-refractivity contribution in [3.8, 4) is 0 Å². The van der Waals surface area contributed by atoms with Crippen LogP contribution in [0.4, 0.5) is 0 Å². The Labute approximate surface area is 216 Å². The van der Waals surface area contributed by atoms with E-state index in [1.807, 2.05) is 23.5 Å². The van der Waals surface area contributed by atoms with Gasteiger partial charge in [0, 0.05) is 12.8 Å². The highest BCUT2D eigenvalue weighted by Crippen LogP contribution is 2.54. The maximum atomic E-state index is 2.43. The average Bonchev–Trinajstić information content (AvgIpc) is 2.90. The second kappa shape index (κ2) is 9.05. The van der Waals surface area contributed by atoms with Gasteiger partial charge in [-0.1, -0.05) is 72.1 Å². The lowest BCUT2D eigenvalue weighted by atomic mass is 10.00. The van der Waals surface area contributed by atoms with Gasteiger partial charge in [0.15, 0.2) is 30.1 Å². The molecule has 2 aliphatic heterocycles. The SMILES string of the molecule is c1ccc2c(c1)Sc1ccccc1[S+]2[C@H]1CCCC[C@@H]1[S+]1c2ccccc2Sc2ccccc21. The normalized spacial score (nSPS) is 21.8. The van der Waals surface area contributed by atoms with E-state index in [2.05, 4.69) is 97.1 Å². The van der Waals surface area contributed by atoms with Gasteiger partial charge in [-0.05, 0) is 61.4 Å². The van der Waals surface area contributed by atoms with Crippen molar-refractivity contribution in [2.24, 2.45) is 0 Å². The van der Waals surface area contributed by atoms with Crippen molar-refractivity contribution >= 4 is 45.3 Å². The maximum absolute atomic E-state index is 2.43. The first-order chi connectivity index (χ1) is 16.9. The fourth-order valence-corrected chi connectivity index (χ4v) is 15.1. The summed E-state index contributed by atoms with van der Waals surface area (Å²) in [5.74, 6) is 0. The lowest BCUT2D eigenvalue weighted by Gasteiger charge is -2.34. The van der Waals surface area contributed by atoms with Gasteiger partial charge in [0.05, 0.1) is 41.4 Å². The molecular weight excluding hydrogens is 489 g/mol. The highest BCUT2D eigenvalue weighted by atomic mass is 32.2. The number of hydrogen-bond acceptors (Lipinski definition) is 2. The molecule has 0 radical (unpaired) electrons. The quantitative estimate of drug-likeness (QED) is 0.245. The largest absolute Gasteiger partial charge is 0.177 e. The third kappa shape index (κ3) is 3.57. The second-order valence-corrected chi connectivity index (χ2v) is 15.5. The maximum Gasteiger partial charge on any atom is 0.177 e. The van der Waals surface area contributed by atoms with Crippen molar-refractivity contribution < 1.29 is 0 Å². The molecule has 7 rings (SSSR count). The summed E-state index contributed by atoms with van der Waals surface area (Å²) in [6, 6.07) is 37.0. The van der Waals surface area contributed by atoms with Crippen LogP contribution >= 0.6 is 23.5 Å². The Morgan fingerprint density at radius 2 is 0.735 bits per heavy atom. The van der Waals surface area contributed by atoms with Crippen LogP contribution in [-0.4, -0.2) is 10.5 Å². The Morgan fingerprint density at radius 1 is 0.441 bits per heavy atom. The van der Waals surface area contributed by atoms with Crippen LogP contribution < -0.4 is 0 Å². The Balaban J connectivity index is 1.40. The molecule has 0 nitrogen and oxygen atoms in total. The van der Waals surface area contributed by atoms with Crippen molar-refractivity contribution in [1.82, 2.24) is 0 Å². The molecule has 2 atom stereocenters. The van der Waals surface area contributed by atoms with E-state index in [9.17, 15) is 0 Å². The molecule has 0 N–H and O–H groups in total. The van der Waals surface area contributed by atoms with Crippen molar-refractivity contribution in [2.45, 2.75) is 75.3 Å². The van der Waals surface area contributed by atoms with Gasteiger partial charge in [0.1, 0.15) is 0 Å². The van der Waals surface area contributed by atoms with Gasteiger partial charge in [-0.25, -0.2) is 0 Å². The second-order valence-electron chi connectivity index (χ2n) is 9.03. The van der Waals surface area contributed by atoms with E-state index < -0.39 is 0 Å². The molecule has 0 aromatic heterocycles. The van der Waals surface area contributed by atoms with E-state index in [1.54, 1.807) is 19.6 Å². The summed E-state index contributed by atoms with van der Waals surface area (Å²) in [7, 11) is 0.226. The van der Waals surface area contributed by atoms with E-state index in [4.69, 9.17) is 0 Å². The minimum atomic E-state index is 0.113. The Bertz CT molecular complexity index is 1170. The van der Waals surface area contributed by atoms with Gasteiger partial charge in [-0.2, -0.15) is 0 Å². The van der Waals surface area contributed by atoms with Crippen LogP contribution in [0.5, 0.6) is 0 Å². The van der Waals surface area contributed by atoms with Gasteiger partial charge < -0.3 is 0 Å². The average molecular weight is 515 g/mol. The zero-order chi connectivity index (χ0) is 22.5. The highest BCUT2D eigenvalue weighted by molar-refractivity contribution is 8.06. The monoisotopic (exact) mass is 514 g/mol. The van der Waals surface area contributed by atoms with E-state index in [-0.39, 0.29) is 21.8 Å². The first-order valence-electron chi connectivity index (χ1n) is 12.1. The molecule has 34 heavy (non-hydrogen) atoms. The van der Waals surface area contributed by atoms with Crippen LogP contribution in [0, 0.1) is 0 Å². The van der Waals surface area contributed by atoms with Gasteiger partial charge in [0.25, 0.3) is 0 Å². The van der Waals surface area contributed by atoms with Crippen molar-refractivity contribution in [3.05, 3.63) is 97.1 Å². The molecule has 4 aromatic rings. The molecule has 0 spiro atoms. The van der Waals surface area contributed by atoms with Crippen LogP contribution in [0.2, 0.25) is 0 Å². The van der Waals surface area contributed by atoms with E-state index in [0.29, 0.717) is 10.5 Å². The van der Waals surface area contributed by atoms with E-state index in [0.717, 1.165) is 0 Å². The summed E-state index contributed by atoms with van der Waals surface area (Å²) < 4.78 is 0. The smallest absolute Gasteiger partial charge is 0.0795 e. The Hall–Kier alpha value is -1.72. The zero-order valence-electron chi connectivity index (χ0n) is 18.9. The molecule has 4 heteroatoms. The lowest BCUT2D eigenvalue weighted by molar-refractivity contribution is 0.519. The van der Waals surface area contributed by atoms with Gasteiger partial charge in [-0.15, -0.1) is 0 Å². The Morgan fingerprint density at radius 3 is 1.06 bits per heavy atom. The van der Waals surface area contributed by atoms with Gasteiger partial charge >= 0.3 is 0 Å². The fourth-order valence-electron chi connectivity index (χ4n) is 5.59. The molecular formula is C30H26S4+2. The third-order valence-electron chi connectivity index (χ3n) is 7.03. The standard InChI is InChI=1S/C30H26S4/c1-5-15-25-21(11-1)31-22-12-2-6-16-26(22)33(25)29-19-9-10-20-30(29)34-27-17-7-3-13-23(27)32-24-14-4-8-18-28(24)34/h1-8,11-18,29-30H,9-10,19-20H2/q+2/t29-,30-/m0/s1. The Kier molecular flexibility index (Phi) is 5.74. The highest BCUT2D eigenvalue weighted by Gasteiger charge is 2.55. The summed E-state index contributed by atoms with van der Waals surface area (Å²) >= 11 is 3.94. The summed E-state index contributed by atoms with van der Waals surface area (Å²) in [5, 5.41) is 1.37. The van der Waals surface area contributed by atoms with E-state index >= 15 is 0 Å². The molecule has 1 aliphatic carbocycles. The predicted octanol–water partition coefficient (Wildman–Crippen LogP) is 8.70. The molecule has 2 heterocycles. The summed E-state index contributed by atoms with van der Waals surface area (Å²) in [6.45, 7) is 0. The molecule has 4 aromatic carbocycles. The number of fused-ring (bicyclic) bond motifs is 4. The summed E-state index contributed by atoms with van der Waals surface area (Å²) in [5.41, 5.74) is 0. The van der Waals surface area contributed by atoms with Crippen LogP contribution in [-0.2, 0) is 21.8 Å². The lowest BCUT2D eigenvalue weighted by Crippen LogP contribution is -2.43. The number of benzene rings is 4. The minimum Gasteiger partial charge on any atom is -0.0795 e. The molecule has 168 valence electrons. The molecule has 0 amide bonds. The molecule has 0 saturated heterocycles. The molecule has 0 bridgehead atoms. The molecule has 1 fully saturated rings. The first kappa shape index (κ1) is 21.6. The zero-order valence-corrected chi connectivity index (χ0v) is 22.1. The van der Waals surface area contributed by atoms with Gasteiger partial charge in [-0.3, -0.25) is 0 Å². The molecule has 1 saturated carbocycles. The topological polar surface area (TPSA) is 0 Å². The van der Waals surface area contributed by atoms with Crippen LogP contribution in [0.15, 0.2) is 136 Å². The number of rotatable bonds is 2. The summed E-state index contributed by atoms with van der Waals surface area (Å²) in [4.78, 5) is 12.2. The predicted molar refractivity (Wildman–Crippen MR) is 148 cm³/mol. The fraction of sp³-hybridized carbons (Fsp3) is 0.200. The van der Waals surface area contributed by atoms with Crippen molar-refractivity contribution in [3.63, 3.8) is 0 Å². The minimum absolute atomic E-state index is 0.113. The van der Waals surface area contributed by atoms with Crippen LogP contribution in [0.3, 0.4) is 0 Å². The van der Waals surface area contributed by atoms with Crippen molar-refractivity contribution in [2.75, 3.05) is 0 Å².